The highest BCUT2D eigenvalue weighted by atomic mass is 35.5. The van der Waals surface area contributed by atoms with Crippen LogP contribution in [0.4, 0.5) is 0 Å². The van der Waals surface area contributed by atoms with Crippen molar-refractivity contribution in [3.63, 3.8) is 0 Å². The molecule has 0 unspecified atom stereocenters. The molecule has 1 aliphatic rings. The molecular formula is C18H15Cl2N3O3S. The summed E-state index contributed by atoms with van der Waals surface area (Å²) in [7, 11) is -3.67. The van der Waals surface area contributed by atoms with Crippen LogP contribution in [-0.2, 0) is 10.0 Å². The second-order valence-corrected chi connectivity index (χ2v) is 8.80. The van der Waals surface area contributed by atoms with Crippen molar-refractivity contribution in [1.82, 2.24) is 9.21 Å². The van der Waals surface area contributed by atoms with E-state index < -0.39 is 10.0 Å². The van der Waals surface area contributed by atoms with Crippen molar-refractivity contribution in [1.29, 1.82) is 5.26 Å². The summed E-state index contributed by atoms with van der Waals surface area (Å²) in [5.74, 6) is -0.241. The smallest absolute Gasteiger partial charge is 0.254 e. The molecule has 1 heterocycles. The predicted molar refractivity (Wildman–Crippen MR) is 102 cm³/mol. The Morgan fingerprint density at radius 1 is 0.963 bits per heavy atom. The lowest BCUT2D eigenvalue weighted by atomic mass is 10.2. The Morgan fingerprint density at radius 2 is 1.52 bits per heavy atom. The second-order valence-electron chi connectivity index (χ2n) is 5.99. The van der Waals surface area contributed by atoms with Gasteiger partial charge in [-0.25, -0.2) is 8.42 Å². The number of carbonyl (C=O) groups excluding carboxylic acids is 1. The molecule has 1 saturated heterocycles. The van der Waals surface area contributed by atoms with Crippen LogP contribution in [0.15, 0.2) is 47.4 Å². The molecule has 0 spiro atoms. The molecule has 3 rings (SSSR count). The topological polar surface area (TPSA) is 81.5 Å². The first-order valence-corrected chi connectivity index (χ1v) is 10.3. The lowest BCUT2D eigenvalue weighted by Crippen LogP contribution is -2.50. The Morgan fingerprint density at radius 3 is 2.04 bits per heavy atom. The van der Waals surface area contributed by atoms with Crippen LogP contribution in [0.25, 0.3) is 0 Å². The molecule has 0 saturated carbocycles. The molecule has 6 nitrogen and oxygen atoms in total. The summed E-state index contributed by atoms with van der Waals surface area (Å²) in [5, 5.41) is 9.56. The highest BCUT2D eigenvalue weighted by molar-refractivity contribution is 7.89. The maximum absolute atomic E-state index is 12.7. The number of carbonyl (C=O) groups is 1. The van der Waals surface area contributed by atoms with Crippen LogP contribution in [0.3, 0.4) is 0 Å². The standard InChI is InChI=1S/C18H15Cl2N3O3S/c19-15-9-14(10-16(20)11-15)18(24)22-5-7-23(8-6-22)27(25,26)17-3-1-13(12-21)2-4-17/h1-4,9-11H,5-8H2. The molecule has 2 aromatic rings. The Balaban J connectivity index is 1.70. The van der Waals surface area contributed by atoms with E-state index in [1.54, 1.807) is 11.0 Å². The number of piperazine rings is 1. The molecule has 1 amide bonds. The van der Waals surface area contributed by atoms with Crippen molar-refractivity contribution < 1.29 is 13.2 Å². The minimum Gasteiger partial charge on any atom is -0.336 e. The molecule has 1 fully saturated rings. The fraction of sp³-hybridized carbons (Fsp3) is 0.222. The zero-order chi connectivity index (χ0) is 19.6. The van der Waals surface area contributed by atoms with Gasteiger partial charge in [-0.05, 0) is 42.5 Å². The van der Waals surface area contributed by atoms with Gasteiger partial charge in [0.1, 0.15) is 0 Å². The van der Waals surface area contributed by atoms with E-state index in [1.807, 2.05) is 6.07 Å². The molecule has 2 aromatic carbocycles. The van der Waals surface area contributed by atoms with Crippen LogP contribution in [0.5, 0.6) is 0 Å². The molecule has 0 aromatic heterocycles. The van der Waals surface area contributed by atoms with Gasteiger partial charge >= 0.3 is 0 Å². The Kier molecular flexibility index (Phi) is 5.72. The van der Waals surface area contributed by atoms with Crippen molar-refractivity contribution >= 4 is 39.1 Å². The highest BCUT2D eigenvalue weighted by Crippen LogP contribution is 2.22. The van der Waals surface area contributed by atoms with E-state index in [-0.39, 0.29) is 37.0 Å². The summed E-state index contributed by atoms with van der Waals surface area (Å²) < 4.78 is 26.8. The van der Waals surface area contributed by atoms with Gasteiger partial charge in [-0.2, -0.15) is 9.57 Å². The van der Waals surface area contributed by atoms with Gasteiger partial charge in [0.05, 0.1) is 16.5 Å². The number of benzene rings is 2. The number of sulfonamides is 1. The van der Waals surface area contributed by atoms with Crippen LogP contribution < -0.4 is 0 Å². The van der Waals surface area contributed by atoms with Crippen LogP contribution in [0, 0.1) is 11.3 Å². The van der Waals surface area contributed by atoms with Gasteiger partial charge in [0.2, 0.25) is 10.0 Å². The van der Waals surface area contributed by atoms with E-state index in [4.69, 9.17) is 28.5 Å². The van der Waals surface area contributed by atoms with E-state index in [1.165, 1.54) is 40.7 Å². The number of hydrogen-bond donors (Lipinski definition) is 0. The van der Waals surface area contributed by atoms with Crippen molar-refractivity contribution in [2.45, 2.75) is 4.90 Å². The summed E-state index contributed by atoms with van der Waals surface area (Å²) in [6.45, 7) is 0.891. The predicted octanol–water partition coefficient (Wildman–Crippen LogP) is 3.01. The molecule has 27 heavy (non-hydrogen) atoms. The van der Waals surface area contributed by atoms with Crippen LogP contribution in [0.2, 0.25) is 10.0 Å². The number of nitrogens with zero attached hydrogens (tertiary/aromatic N) is 3. The minimum absolute atomic E-state index is 0.128. The lowest BCUT2D eigenvalue weighted by Gasteiger charge is -2.34. The van der Waals surface area contributed by atoms with Crippen LogP contribution in [0.1, 0.15) is 15.9 Å². The Bertz CT molecular complexity index is 989. The molecule has 0 atom stereocenters. The summed E-state index contributed by atoms with van der Waals surface area (Å²) in [5.41, 5.74) is 0.764. The SMILES string of the molecule is N#Cc1ccc(S(=O)(=O)N2CCN(C(=O)c3cc(Cl)cc(Cl)c3)CC2)cc1. The van der Waals surface area contributed by atoms with E-state index >= 15 is 0 Å². The summed E-state index contributed by atoms with van der Waals surface area (Å²) >= 11 is 11.9. The van der Waals surface area contributed by atoms with Crippen molar-refractivity contribution in [2.24, 2.45) is 0 Å². The third-order valence-electron chi connectivity index (χ3n) is 4.26. The summed E-state index contributed by atoms with van der Waals surface area (Å²) in [6, 6.07) is 12.3. The zero-order valence-corrected chi connectivity index (χ0v) is 16.4. The van der Waals surface area contributed by atoms with Gasteiger partial charge in [-0.15, -0.1) is 0 Å². The third kappa shape index (κ3) is 4.25. The number of amides is 1. The fourth-order valence-electron chi connectivity index (χ4n) is 2.84. The average Bonchev–Trinajstić information content (AvgIpc) is 2.67. The summed E-state index contributed by atoms with van der Waals surface area (Å²) in [6.07, 6.45) is 0. The molecule has 1 aliphatic heterocycles. The highest BCUT2D eigenvalue weighted by Gasteiger charge is 2.30. The van der Waals surface area contributed by atoms with Gasteiger partial charge in [0, 0.05) is 41.8 Å². The number of rotatable bonds is 3. The van der Waals surface area contributed by atoms with E-state index in [0.29, 0.717) is 21.2 Å². The van der Waals surface area contributed by atoms with E-state index in [2.05, 4.69) is 0 Å². The Labute approximate surface area is 167 Å². The molecule has 0 radical (unpaired) electrons. The average molecular weight is 424 g/mol. The second kappa shape index (κ2) is 7.87. The quantitative estimate of drug-likeness (QED) is 0.759. The van der Waals surface area contributed by atoms with Crippen molar-refractivity contribution in [3.05, 3.63) is 63.6 Å². The largest absolute Gasteiger partial charge is 0.336 e. The van der Waals surface area contributed by atoms with E-state index in [0.717, 1.165) is 0 Å². The molecule has 0 aliphatic carbocycles. The zero-order valence-electron chi connectivity index (χ0n) is 14.1. The van der Waals surface area contributed by atoms with Crippen molar-refractivity contribution in [2.75, 3.05) is 26.2 Å². The van der Waals surface area contributed by atoms with Crippen LogP contribution in [-0.4, -0.2) is 49.7 Å². The molecule has 140 valence electrons. The molecular weight excluding hydrogens is 409 g/mol. The van der Waals surface area contributed by atoms with E-state index in [9.17, 15) is 13.2 Å². The Hall–Kier alpha value is -2.11. The lowest BCUT2D eigenvalue weighted by molar-refractivity contribution is 0.0698. The van der Waals surface area contributed by atoms with Gasteiger partial charge in [0.25, 0.3) is 5.91 Å². The maximum atomic E-state index is 12.7. The maximum Gasteiger partial charge on any atom is 0.254 e. The number of halogens is 2. The first kappa shape index (κ1) is 19.6. The fourth-order valence-corrected chi connectivity index (χ4v) is 4.79. The van der Waals surface area contributed by atoms with Gasteiger partial charge in [0.15, 0.2) is 0 Å². The monoisotopic (exact) mass is 423 g/mol. The molecule has 0 bridgehead atoms. The third-order valence-corrected chi connectivity index (χ3v) is 6.61. The summed E-state index contributed by atoms with van der Waals surface area (Å²) in [4.78, 5) is 14.3. The van der Waals surface area contributed by atoms with Gasteiger partial charge < -0.3 is 4.90 Å². The van der Waals surface area contributed by atoms with Gasteiger partial charge in [-0.1, -0.05) is 23.2 Å². The minimum atomic E-state index is -3.67. The first-order valence-electron chi connectivity index (χ1n) is 8.07. The number of hydrogen-bond acceptors (Lipinski definition) is 4. The van der Waals surface area contributed by atoms with Gasteiger partial charge in [-0.3, -0.25) is 4.79 Å². The van der Waals surface area contributed by atoms with Crippen LogP contribution >= 0.6 is 23.2 Å². The molecule has 0 N–H and O–H groups in total. The van der Waals surface area contributed by atoms with Crippen molar-refractivity contribution in [3.8, 4) is 6.07 Å². The molecule has 9 heteroatoms. The normalized spacial score (nSPS) is 15.4. The first-order chi connectivity index (χ1) is 12.8. The number of nitriles is 1.